The Labute approximate surface area is 130 Å². The van der Waals surface area contributed by atoms with Crippen LogP contribution >= 0.6 is 11.8 Å². The first-order valence-electron chi connectivity index (χ1n) is 7.30. The van der Waals surface area contributed by atoms with Crippen molar-refractivity contribution in [2.45, 2.75) is 64.5 Å². The average Bonchev–Trinajstić information content (AvgIpc) is 2.86. The molecule has 0 aliphatic carbocycles. The molecule has 0 spiro atoms. The molecule has 0 saturated carbocycles. The van der Waals surface area contributed by atoms with E-state index in [0.29, 0.717) is 18.9 Å². The molecule has 3 atom stereocenters. The molecule has 2 aliphatic heterocycles. The molecule has 0 aromatic rings. The summed E-state index contributed by atoms with van der Waals surface area (Å²) in [5, 5.41) is 2.71. The second kappa shape index (κ2) is 6.42. The van der Waals surface area contributed by atoms with Gasteiger partial charge in [-0.15, -0.1) is 0 Å². The third kappa shape index (κ3) is 4.56. The Morgan fingerprint density at radius 3 is 2.48 bits per heavy atom. The van der Waals surface area contributed by atoms with Gasteiger partial charge in [-0.3, -0.25) is 4.79 Å². The lowest BCUT2D eigenvalue weighted by molar-refractivity contribution is -0.174. The van der Waals surface area contributed by atoms with Crippen molar-refractivity contribution >= 4 is 17.0 Å². The Balaban J connectivity index is 1.95. The number of carbonyl (C=O) groups excluding carboxylic acids is 1. The monoisotopic (exact) mass is 319 g/mol. The number of thioether (sulfide) groups is 1. The summed E-state index contributed by atoms with van der Waals surface area (Å²) in [4.78, 5) is 11.6. The van der Waals surface area contributed by atoms with Crippen LogP contribution in [-0.4, -0.2) is 54.0 Å². The second-order valence-corrected chi connectivity index (χ2v) is 7.13. The predicted molar refractivity (Wildman–Crippen MR) is 80.3 cm³/mol. The molecule has 2 rings (SSSR count). The lowest BCUT2D eigenvalue weighted by atomic mass is 10.1. The van der Waals surface area contributed by atoms with E-state index in [2.05, 4.69) is 5.32 Å². The fourth-order valence-corrected chi connectivity index (χ4v) is 3.36. The molecule has 1 N–H and O–H groups in total. The van der Waals surface area contributed by atoms with Crippen LogP contribution in [0.15, 0.2) is 0 Å². The topological polar surface area (TPSA) is 66.0 Å². The van der Waals surface area contributed by atoms with Gasteiger partial charge >= 0.3 is 0 Å². The minimum absolute atomic E-state index is 0.0477. The van der Waals surface area contributed by atoms with Gasteiger partial charge in [-0.05, 0) is 34.6 Å². The van der Waals surface area contributed by atoms with E-state index in [1.807, 2.05) is 34.6 Å². The lowest BCUT2D eigenvalue weighted by Crippen LogP contribution is -2.39. The van der Waals surface area contributed by atoms with Crippen molar-refractivity contribution in [3.8, 4) is 0 Å². The third-order valence-electron chi connectivity index (χ3n) is 3.32. The number of hydrogen-bond donors (Lipinski definition) is 1. The highest BCUT2D eigenvalue weighted by Gasteiger charge is 2.49. The molecule has 0 aromatic carbocycles. The first kappa shape index (κ1) is 17.0. The predicted octanol–water partition coefficient (Wildman–Crippen LogP) is 2.12. The Morgan fingerprint density at radius 2 is 1.90 bits per heavy atom. The number of nitrogens with one attached hydrogen (secondary N) is 1. The summed E-state index contributed by atoms with van der Waals surface area (Å²) in [5.41, 5.74) is 0. The smallest absolute Gasteiger partial charge is 0.279 e. The Morgan fingerprint density at radius 1 is 1.19 bits per heavy atom. The van der Waals surface area contributed by atoms with Gasteiger partial charge in [-0.1, -0.05) is 11.8 Å². The largest absolute Gasteiger partial charge is 0.348 e. The van der Waals surface area contributed by atoms with E-state index in [9.17, 15) is 4.79 Å². The zero-order valence-electron chi connectivity index (χ0n) is 13.3. The molecule has 2 heterocycles. The maximum absolute atomic E-state index is 11.6. The second-order valence-electron chi connectivity index (χ2n) is 6.13. The molecule has 6 nitrogen and oxygen atoms in total. The first-order valence-corrected chi connectivity index (χ1v) is 8.29. The van der Waals surface area contributed by atoms with Gasteiger partial charge < -0.3 is 24.3 Å². The number of hydrogen-bond acceptors (Lipinski definition) is 6. The van der Waals surface area contributed by atoms with E-state index < -0.39 is 11.6 Å². The molecule has 2 aliphatic rings. The molecule has 122 valence electrons. The summed E-state index contributed by atoms with van der Waals surface area (Å²) in [6.45, 7) is 10.5. The first-order chi connectivity index (χ1) is 9.72. The highest BCUT2D eigenvalue weighted by Crippen LogP contribution is 2.36. The van der Waals surface area contributed by atoms with Gasteiger partial charge in [0.15, 0.2) is 11.6 Å². The van der Waals surface area contributed by atoms with Gasteiger partial charge in [0.1, 0.15) is 12.2 Å². The minimum Gasteiger partial charge on any atom is -0.348 e. The number of rotatable bonds is 4. The molecule has 0 radical (unpaired) electrons. The summed E-state index contributed by atoms with van der Waals surface area (Å²) >= 11 is 1.21. The van der Waals surface area contributed by atoms with Crippen LogP contribution in [0.25, 0.3) is 0 Å². The molecular formula is C14H25NO5S. The molecule has 7 heteroatoms. The van der Waals surface area contributed by atoms with Gasteiger partial charge in [-0.2, -0.15) is 0 Å². The molecule has 1 amide bonds. The van der Waals surface area contributed by atoms with Gasteiger partial charge in [0.2, 0.25) is 0 Å². The summed E-state index contributed by atoms with van der Waals surface area (Å²) in [5.74, 6) is -0.745. The third-order valence-corrected chi connectivity index (χ3v) is 4.22. The van der Waals surface area contributed by atoms with Crippen LogP contribution in [0.1, 0.15) is 34.6 Å². The SMILES string of the molecule is CCNC(=O)SC[C@@H]1OC(C)(C)O[C@H]1[C@H]1COC(C)(C)O1. The molecule has 0 aromatic heterocycles. The molecule has 2 saturated heterocycles. The van der Waals surface area contributed by atoms with E-state index in [1.54, 1.807) is 0 Å². The van der Waals surface area contributed by atoms with Crippen LogP contribution in [0.3, 0.4) is 0 Å². The summed E-state index contributed by atoms with van der Waals surface area (Å²) in [6, 6.07) is 0. The maximum Gasteiger partial charge on any atom is 0.279 e. The Hall–Kier alpha value is -0.340. The van der Waals surface area contributed by atoms with Gasteiger partial charge in [0, 0.05) is 12.3 Å². The van der Waals surface area contributed by atoms with Crippen LogP contribution in [0.2, 0.25) is 0 Å². The molecule has 2 fully saturated rings. The Bertz CT molecular complexity index is 388. The Kier molecular flexibility index (Phi) is 5.20. The van der Waals surface area contributed by atoms with Crippen molar-refractivity contribution in [3.05, 3.63) is 0 Å². The maximum atomic E-state index is 11.6. The van der Waals surface area contributed by atoms with E-state index >= 15 is 0 Å². The average molecular weight is 319 g/mol. The fourth-order valence-electron chi connectivity index (χ4n) is 2.54. The van der Waals surface area contributed by atoms with Gasteiger partial charge in [-0.25, -0.2) is 0 Å². The number of ether oxygens (including phenoxy) is 4. The van der Waals surface area contributed by atoms with Crippen molar-refractivity contribution in [2.75, 3.05) is 18.9 Å². The molecule has 21 heavy (non-hydrogen) atoms. The van der Waals surface area contributed by atoms with E-state index in [0.717, 1.165) is 0 Å². The highest BCUT2D eigenvalue weighted by atomic mass is 32.2. The summed E-state index contributed by atoms with van der Waals surface area (Å²) < 4.78 is 23.3. The highest BCUT2D eigenvalue weighted by molar-refractivity contribution is 8.13. The van der Waals surface area contributed by atoms with Crippen molar-refractivity contribution in [3.63, 3.8) is 0 Å². The van der Waals surface area contributed by atoms with Gasteiger partial charge in [0.25, 0.3) is 5.24 Å². The molecular weight excluding hydrogens is 294 g/mol. The van der Waals surface area contributed by atoms with E-state index in [4.69, 9.17) is 18.9 Å². The number of carbonyl (C=O) groups is 1. The van der Waals surface area contributed by atoms with Crippen molar-refractivity contribution in [2.24, 2.45) is 0 Å². The molecule has 0 unspecified atom stereocenters. The van der Waals surface area contributed by atoms with Crippen LogP contribution in [0.4, 0.5) is 4.79 Å². The standard InChI is InChI=1S/C14H25NO5S/c1-6-15-12(16)21-8-10-11(20-14(4,5)19-10)9-7-17-13(2,3)18-9/h9-11H,6-8H2,1-5H3,(H,15,16)/t9-,10+,11+/m1/s1. The summed E-state index contributed by atoms with van der Waals surface area (Å²) in [7, 11) is 0. The van der Waals surface area contributed by atoms with Crippen LogP contribution in [0.5, 0.6) is 0 Å². The normalized spacial score (nSPS) is 34.0. The van der Waals surface area contributed by atoms with E-state index in [1.165, 1.54) is 11.8 Å². The molecule has 0 bridgehead atoms. The summed E-state index contributed by atoms with van der Waals surface area (Å²) in [6.07, 6.45) is -0.611. The van der Waals surface area contributed by atoms with Crippen molar-refractivity contribution in [1.82, 2.24) is 5.32 Å². The zero-order chi connectivity index (χ0) is 15.7. The van der Waals surface area contributed by atoms with Crippen molar-refractivity contribution < 1.29 is 23.7 Å². The quantitative estimate of drug-likeness (QED) is 0.856. The van der Waals surface area contributed by atoms with E-state index in [-0.39, 0.29) is 23.6 Å². The van der Waals surface area contributed by atoms with Crippen molar-refractivity contribution in [1.29, 1.82) is 0 Å². The van der Waals surface area contributed by atoms with Crippen LogP contribution in [0, 0.1) is 0 Å². The minimum atomic E-state index is -0.673. The fraction of sp³-hybridized carbons (Fsp3) is 0.929. The van der Waals surface area contributed by atoms with Crippen LogP contribution in [-0.2, 0) is 18.9 Å². The van der Waals surface area contributed by atoms with Gasteiger partial charge in [0.05, 0.1) is 12.7 Å². The lowest BCUT2D eigenvalue weighted by Gasteiger charge is -2.23. The zero-order valence-corrected chi connectivity index (χ0v) is 14.1. The van der Waals surface area contributed by atoms with Crippen LogP contribution < -0.4 is 5.32 Å². The number of amides is 1.